The number of piperazine rings is 1. The number of aryl methyl sites for hydroxylation is 1. The van der Waals surface area contributed by atoms with Gasteiger partial charge in [-0.3, -0.25) is 33.7 Å². The number of hydrogen-bond acceptors (Lipinski definition) is 15. The summed E-state index contributed by atoms with van der Waals surface area (Å²) in [6.45, 7) is 15.0. The molecule has 86 heavy (non-hydrogen) atoms. The number of methoxy groups -OCH3 is 1. The Bertz CT molecular complexity index is 3840. The SMILES string of the molecule is CO[C@@H](C)COc1nc(O[C@@H]2CCN(C(=O)OC(C)(C)C)C2)c2cc(C3CC3)c(-c3c(C)c(F)cc4c3cnn4C3CCCCO3)c(OCc3ccc(C(=O)N4CCN(Cc5ccc6c(c5)n(C)c(=O)n6C5CCC(=O)NC5=O)C[C@@H]4C)cc3)c2n1. The number of hydrogen-bond donors (Lipinski definition) is 1. The van der Waals surface area contributed by atoms with Crippen LogP contribution in [0.2, 0.25) is 0 Å². The molecule has 0 spiro atoms. The summed E-state index contributed by atoms with van der Waals surface area (Å²) in [6.07, 6.45) is 5.65. The summed E-state index contributed by atoms with van der Waals surface area (Å²) in [6, 6.07) is 15.9. The van der Waals surface area contributed by atoms with Gasteiger partial charge in [-0.25, -0.2) is 18.7 Å². The van der Waals surface area contributed by atoms with Crippen molar-refractivity contribution < 1.29 is 52.0 Å². The first-order valence-electron chi connectivity index (χ1n) is 30.1. The molecule has 4 saturated heterocycles. The Morgan fingerprint density at radius 3 is 2.38 bits per heavy atom. The van der Waals surface area contributed by atoms with Crippen molar-refractivity contribution in [2.45, 2.75) is 148 Å². The highest BCUT2D eigenvalue weighted by molar-refractivity contribution is 6.05. The Morgan fingerprint density at radius 1 is 0.872 bits per heavy atom. The van der Waals surface area contributed by atoms with Crippen molar-refractivity contribution in [1.29, 1.82) is 0 Å². The van der Waals surface area contributed by atoms with Crippen LogP contribution in [0.15, 0.2) is 65.6 Å². The minimum absolute atomic E-state index is 0.0171. The van der Waals surface area contributed by atoms with Gasteiger partial charge >= 0.3 is 17.8 Å². The van der Waals surface area contributed by atoms with Gasteiger partial charge in [-0.05, 0) is 139 Å². The second kappa shape index (κ2) is 23.7. The summed E-state index contributed by atoms with van der Waals surface area (Å²) in [4.78, 5) is 81.5. The van der Waals surface area contributed by atoms with Gasteiger partial charge in [0.15, 0.2) is 12.0 Å². The van der Waals surface area contributed by atoms with Gasteiger partial charge in [-0.1, -0.05) is 18.2 Å². The zero-order chi connectivity index (χ0) is 60.3. The van der Waals surface area contributed by atoms with Crippen LogP contribution in [0.3, 0.4) is 0 Å². The number of amides is 4. The molecule has 4 aromatic carbocycles. The average Bonchev–Trinajstić information content (AvgIpc) is 1.43. The third-order valence-corrected chi connectivity index (χ3v) is 17.3. The van der Waals surface area contributed by atoms with Crippen molar-refractivity contribution in [3.8, 4) is 28.8 Å². The molecule has 5 atom stereocenters. The average molecular weight is 1180 g/mol. The topological polar surface area (TPSA) is 216 Å². The smallest absolute Gasteiger partial charge is 0.410 e. The first-order chi connectivity index (χ1) is 41.3. The minimum atomic E-state index is -0.764. The van der Waals surface area contributed by atoms with Crippen LogP contribution in [0.4, 0.5) is 9.18 Å². The second-order valence-corrected chi connectivity index (χ2v) is 24.7. The lowest BCUT2D eigenvalue weighted by molar-refractivity contribution is -0.135. The van der Waals surface area contributed by atoms with Gasteiger partial charge < -0.3 is 38.2 Å². The van der Waals surface area contributed by atoms with E-state index in [0.717, 1.165) is 54.2 Å². The summed E-state index contributed by atoms with van der Waals surface area (Å²) >= 11 is 0. The number of carbonyl (C=O) groups excluding carboxylic acids is 4. The third-order valence-electron chi connectivity index (χ3n) is 17.3. The number of benzene rings is 4. The molecule has 1 saturated carbocycles. The summed E-state index contributed by atoms with van der Waals surface area (Å²) in [5, 5.41) is 8.52. The highest BCUT2D eigenvalue weighted by Gasteiger charge is 2.38. The van der Waals surface area contributed by atoms with Gasteiger partial charge in [-0.2, -0.15) is 15.1 Å². The fraction of sp³-hybridized carbons (Fsp3) is 0.500. The Hall–Kier alpha value is -7.95. The predicted molar refractivity (Wildman–Crippen MR) is 318 cm³/mol. The number of nitrogens with one attached hydrogen (secondary N) is 1. The highest BCUT2D eigenvalue weighted by atomic mass is 19.1. The third kappa shape index (κ3) is 11.7. The van der Waals surface area contributed by atoms with E-state index >= 15 is 4.39 Å². The Balaban J connectivity index is 0.842. The number of carbonyl (C=O) groups is 4. The number of piperidine rings is 1. The molecule has 7 heterocycles. The number of imidazole rings is 1. The number of likely N-dealkylation sites (tertiary alicyclic amines) is 1. The number of imide groups is 1. The molecule has 4 aliphatic heterocycles. The van der Waals surface area contributed by atoms with E-state index in [-0.39, 0.29) is 86.3 Å². The molecular weight excluding hydrogens is 1100 g/mol. The second-order valence-electron chi connectivity index (χ2n) is 24.7. The van der Waals surface area contributed by atoms with E-state index in [2.05, 4.69) is 10.2 Å². The molecule has 3 aromatic heterocycles. The molecule has 0 bridgehead atoms. The van der Waals surface area contributed by atoms with Gasteiger partial charge in [0.1, 0.15) is 42.3 Å². The zero-order valence-corrected chi connectivity index (χ0v) is 50.2. The zero-order valence-electron chi connectivity index (χ0n) is 50.2. The van der Waals surface area contributed by atoms with Crippen molar-refractivity contribution in [1.82, 2.24) is 48.9 Å². The van der Waals surface area contributed by atoms with Crippen molar-refractivity contribution in [3.05, 3.63) is 105 Å². The molecule has 5 aliphatic rings. The summed E-state index contributed by atoms with van der Waals surface area (Å²) < 4.78 is 59.4. The van der Waals surface area contributed by atoms with Gasteiger partial charge in [-0.15, -0.1) is 0 Å². The lowest BCUT2D eigenvalue weighted by atomic mass is 9.88. The van der Waals surface area contributed by atoms with Crippen molar-refractivity contribution in [2.24, 2.45) is 7.05 Å². The molecule has 4 amide bonds. The molecule has 1 N–H and O–H groups in total. The largest absolute Gasteiger partial charge is 0.486 e. The molecule has 22 heteroatoms. The monoisotopic (exact) mass is 1180 g/mol. The summed E-state index contributed by atoms with van der Waals surface area (Å²) in [5.41, 5.74) is 6.25. The number of nitrogens with zero attached hydrogens (tertiary/aromatic N) is 9. The normalized spacial score (nSPS) is 20.9. The van der Waals surface area contributed by atoms with Gasteiger partial charge in [0.25, 0.3) is 5.91 Å². The van der Waals surface area contributed by atoms with Crippen LogP contribution in [-0.2, 0) is 44.0 Å². The van der Waals surface area contributed by atoms with E-state index in [4.69, 9.17) is 43.5 Å². The Kier molecular flexibility index (Phi) is 16.1. The maximum absolute atomic E-state index is 16.8. The fourth-order valence-electron chi connectivity index (χ4n) is 12.5. The minimum Gasteiger partial charge on any atom is -0.486 e. The molecule has 0 radical (unpaired) electrons. The van der Waals surface area contributed by atoms with Crippen LogP contribution in [-0.4, -0.2) is 144 Å². The quantitative estimate of drug-likeness (QED) is 0.0893. The molecule has 5 fully saturated rings. The number of aromatic nitrogens is 6. The predicted octanol–water partition coefficient (Wildman–Crippen LogP) is 9.03. The molecule has 2 unspecified atom stereocenters. The standard InChI is InChI=1S/C64H75FN10O11/c1-36-31-71(32-40-14-19-48-51(27-40)70(7)62(79)74(48)49-20-21-52(76)67-58(49)77)24-25-73(36)60(78)42-15-12-39(13-16-42)35-83-57-55(54-38(3)47(65)29-50-46(54)30-66-75(50)53-11-9-10-26-82-53)44(41-17-18-41)28-45-56(57)68-61(84-34-37(2)81-8)69-59(45)85-43-22-23-72(33-43)63(80)86-64(4,5)6/h12-16,19,27-30,36-37,41,43,49,53H,9-11,17-18,20-26,31-35H2,1-8H3,(H,67,76,77)/t36-,37-,43+,49?,53?/m0/s1. The van der Waals surface area contributed by atoms with E-state index in [1.807, 2.05) is 88.0 Å². The van der Waals surface area contributed by atoms with Gasteiger partial charge in [0, 0.05) is 101 Å². The number of rotatable bonds is 16. The van der Waals surface area contributed by atoms with Crippen molar-refractivity contribution >= 4 is 56.7 Å². The van der Waals surface area contributed by atoms with Crippen LogP contribution in [0.5, 0.6) is 17.6 Å². The molecule has 12 rings (SSSR count). The Morgan fingerprint density at radius 2 is 1.66 bits per heavy atom. The van der Waals surface area contributed by atoms with E-state index < -0.39 is 35.6 Å². The lowest BCUT2D eigenvalue weighted by Gasteiger charge is -2.40. The van der Waals surface area contributed by atoms with Crippen LogP contribution in [0.1, 0.15) is 137 Å². The summed E-state index contributed by atoms with van der Waals surface area (Å²) in [5.74, 6) is -0.593. The maximum Gasteiger partial charge on any atom is 0.410 e. The fourth-order valence-corrected chi connectivity index (χ4v) is 12.5. The first kappa shape index (κ1) is 58.4. The maximum atomic E-state index is 16.8. The van der Waals surface area contributed by atoms with Gasteiger partial charge in [0.05, 0.1) is 40.8 Å². The summed E-state index contributed by atoms with van der Waals surface area (Å²) in [7, 11) is 3.28. The molecular formula is C64H75FN10O11. The molecule has 454 valence electrons. The van der Waals surface area contributed by atoms with Crippen LogP contribution < -0.4 is 25.2 Å². The van der Waals surface area contributed by atoms with Crippen LogP contribution >= 0.6 is 0 Å². The van der Waals surface area contributed by atoms with Crippen molar-refractivity contribution in [2.75, 3.05) is 53.0 Å². The number of ether oxygens (including phenoxy) is 6. The lowest BCUT2D eigenvalue weighted by Crippen LogP contribution is -2.53. The molecule has 7 aromatic rings. The van der Waals surface area contributed by atoms with Crippen LogP contribution in [0, 0.1) is 12.7 Å². The molecule has 21 nitrogen and oxygen atoms in total. The first-order valence-corrected chi connectivity index (χ1v) is 30.1. The van der Waals surface area contributed by atoms with Gasteiger partial charge in [0.2, 0.25) is 17.7 Å². The number of halogens is 1. The van der Waals surface area contributed by atoms with E-state index in [0.29, 0.717) is 101 Å². The Labute approximate surface area is 497 Å². The van der Waals surface area contributed by atoms with Crippen LogP contribution in [0.25, 0.3) is 44.0 Å². The number of fused-ring (bicyclic) bond motifs is 3. The molecule has 1 aliphatic carbocycles. The highest BCUT2D eigenvalue weighted by Crippen LogP contribution is 2.53. The van der Waals surface area contributed by atoms with E-state index in [9.17, 15) is 24.0 Å². The van der Waals surface area contributed by atoms with E-state index in [1.165, 1.54) is 4.57 Å². The van der Waals surface area contributed by atoms with Crippen molar-refractivity contribution in [3.63, 3.8) is 0 Å². The van der Waals surface area contributed by atoms with E-state index in [1.54, 1.807) is 47.5 Å².